The first-order chi connectivity index (χ1) is 10.0. The number of carboxylic acid groups (broad SMARTS) is 1. The predicted octanol–water partition coefficient (Wildman–Crippen LogP) is 0.908. The summed E-state index contributed by atoms with van der Waals surface area (Å²) in [7, 11) is 0. The minimum absolute atomic E-state index is 0.155. The second-order valence-electron chi connectivity index (χ2n) is 6.14. The molecule has 1 aliphatic heterocycles. The smallest absolute Gasteiger partial charge is 0.307 e. The Hall–Kier alpha value is -1.59. The number of amides is 2. The number of hydrogen-bond acceptors (Lipinski definition) is 3. The van der Waals surface area contributed by atoms with Crippen LogP contribution in [0.5, 0.6) is 0 Å². The van der Waals surface area contributed by atoms with Crippen LogP contribution in [0.2, 0.25) is 0 Å². The lowest BCUT2D eigenvalue weighted by Crippen LogP contribution is -2.48. The minimum atomic E-state index is -0.906. The molecule has 2 fully saturated rings. The molecule has 0 aromatic heterocycles. The van der Waals surface area contributed by atoms with Crippen LogP contribution in [0.25, 0.3) is 0 Å². The van der Waals surface area contributed by atoms with Gasteiger partial charge in [-0.25, -0.2) is 0 Å². The monoisotopic (exact) mass is 296 g/mol. The molecule has 0 aromatic carbocycles. The highest BCUT2D eigenvalue weighted by Gasteiger charge is 2.42. The summed E-state index contributed by atoms with van der Waals surface area (Å²) in [4.78, 5) is 35.6. The molecule has 2 amide bonds. The zero-order chi connectivity index (χ0) is 15.4. The van der Waals surface area contributed by atoms with Crippen LogP contribution in [0.3, 0.4) is 0 Å². The molecule has 2 aliphatic rings. The summed E-state index contributed by atoms with van der Waals surface area (Å²) in [6, 6.07) is -0.518. The van der Waals surface area contributed by atoms with Gasteiger partial charge in [0.2, 0.25) is 11.8 Å². The molecule has 1 saturated carbocycles. The van der Waals surface area contributed by atoms with E-state index >= 15 is 0 Å². The molecule has 1 heterocycles. The van der Waals surface area contributed by atoms with Gasteiger partial charge in [-0.05, 0) is 38.0 Å². The third-order valence-electron chi connectivity index (χ3n) is 4.74. The summed E-state index contributed by atoms with van der Waals surface area (Å²) in [5, 5.41) is 14.8. The summed E-state index contributed by atoms with van der Waals surface area (Å²) in [6.07, 6.45) is 4.47. The zero-order valence-electron chi connectivity index (χ0n) is 12.4. The topological polar surface area (TPSA) is 95.5 Å². The first-order valence-corrected chi connectivity index (χ1v) is 7.83. The Morgan fingerprint density at radius 1 is 1.29 bits per heavy atom. The lowest BCUT2D eigenvalue weighted by molar-refractivity contribution is -0.146. The molecule has 118 valence electrons. The van der Waals surface area contributed by atoms with Gasteiger partial charge in [0.05, 0.1) is 11.8 Å². The molecule has 0 bridgehead atoms. The summed E-state index contributed by atoms with van der Waals surface area (Å²) >= 11 is 0. The van der Waals surface area contributed by atoms with Crippen molar-refractivity contribution < 1.29 is 19.5 Å². The lowest BCUT2D eigenvalue weighted by atomic mass is 9.95. The first kappa shape index (κ1) is 15.8. The Morgan fingerprint density at radius 2 is 2.00 bits per heavy atom. The fraction of sp³-hybridized carbons (Fsp3) is 0.800. The maximum absolute atomic E-state index is 12.4. The number of aliphatic carboxylic acids is 1. The maximum atomic E-state index is 12.4. The second kappa shape index (κ2) is 6.91. The van der Waals surface area contributed by atoms with Crippen molar-refractivity contribution in [1.82, 2.24) is 10.6 Å². The Kier molecular flexibility index (Phi) is 5.20. The van der Waals surface area contributed by atoms with E-state index in [1.807, 2.05) is 6.92 Å². The first-order valence-electron chi connectivity index (χ1n) is 7.83. The van der Waals surface area contributed by atoms with E-state index in [0.717, 1.165) is 19.3 Å². The largest absolute Gasteiger partial charge is 0.481 e. The zero-order valence-corrected chi connectivity index (χ0v) is 12.4. The second-order valence-corrected chi connectivity index (χ2v) is 6.14. The number of nitrogens with one attached hydrogen (secondary N) is 2. The van der Waals surface area contributed by atoms with Crippen LogP contribution >= 0.6 is 0 Å². The van der Waals surface area contributed by atoms with Crippen molar-refractivity contribution >= 4 is 17.8 Å². The quantitative estimate of drug-likeness (QED) is 0.718. The number of carbonyl (C=O) groups excluding carboxylic acids is 2. The van der Waals surface area contributed by atoms with Crippen molar-refractivity contribution in [2.24, 2.45) is 17.8 Å². The summed E-state index contributed by atoms with van der Waals surface area (Å²) < 4.78 is 0. The fourth-order valence-electron chi connectivity index (χ4n) is 3.39. The molecular weight excluding hydrogens is 272 g/mol. The van der Waals surface area contributed by atoms with Gasteiger partial charge in [-0.3, -0.25) is 14.4 Å². The molecule has 2 unspecified atom stereocenters. The molecule has 2 rings (SSSR count). The van der Waals surface area contributed by atoms with Crippen LogP contribution in [0.1, 0.15) is 45.4 Å². The maximum Gasteiger partial charge on any atom is 0.307 e. The predicted molar refractivity (Wildman–Crippen MR) is 76.4 cm³/mol. The standard InChI is InChI=1S/C15H24N2O4/c1-2-9-7-10(11(8-9)15(20)21)13(18)17-12-5-3-4-6-16-14(12)19/h9-12H,2-8H2,1H3,(H,16,19)(H,17,18)(H,20,21)/t9?,10-,11+,12?/m0/s1. The summed E-state index contributed by atoms with van der Waals surface area (Å²) in [5.74, 6) is -2.19. The van der Waals surface area contributed by atoms with Crippen molar-refractivity contribution in [2.75, 3.05) is 6.54 Å². The van der Waals surface area contributed by atoms with E-state index in [4.69, 9.17) is 0 Å². The molecule has 0 aromatic rings. The van der Waals surface area contributed by atoms with Gasteiger partial charge < -0.3 is 15.7 Å². The van der Waals surface area contributed by atoms with Crippen molar-refractivity contribution in [3.63, 3.8) is 0 Å². The van der Waals surface area contributed by atoms with Crippen LogP contribution in [0, 0.1) is 17.8 Å². The number of carbonyl (C=O) groups is 3. The van der Waals surface area contributed by atoms with Gasteiger partial charge in [0.1, 0.15) is 6.04 Å². The molecule has 6 nitrogen and oxygen atoms in total. The third-order valence-corrected chi connectivity index (χ3v) is 4.74. The number of hydrogen-bond donors (Lipinski definition) is 3. The van der Waals surface area contributed by atoms with E-state index < -0.39 is 23.8 Å². The van der Waals surface area contributed by atoms with E-state index in [1.54, 1.807) is 0 Å². The van der Waals surface area contributed by atoms with Crippen LogP contribution in [0.4, 0.5) is 0 Å². The van der Waals surface area contributed by atoms with Gasteiger partial charge in [0.25, 0.3) is 0 Å². The Labute approximate surface area is 124 Å². The van der Waals surface area contributed by atoms with Crippen molar-refractivity contribution in [3.8, 4) is 0 Å². The molecular formula is C15H24N2O4. The van der Waals surface area contributed by atoms with Crippen LogP contribution < -0.4 is 10.6 Å². The van der Waals surface area contributed by atoms with Crippen molar-refractivity contribution in [2.45, 2.75) is 51.5 Å². The van der Waals surface area contributed by atoms with E-state index in [2.05, 4.69) is 10.6 Å². The molecule has 0 spiro atoms. The van der Waals surface area contributed by atoms with Crippen molar-refractivity contribution in [1.29, 1.82) is 0 Å². The van der Waals surface area contributed by atoms with Gasteiger partial charge in [-0.15, -0.1) is 0 Å². The Bertz CT molecular complexity index is 424. The van der Waals surface area contributed by atoms with Crippen molar-refractivity contribution in [3.05, 3.63) is 0 Å². The molecule has 3 N–H and O–H groups in total. The average Bonchev–Trinajstić information content (AvgIpc) is 2.80. The molecule has 6 heteroatoms. The highest BCUT2D eigenvalue weighted by Crippen LogP contribution is 2.38. The summed E-state index contributed by atoms with van der Waals surface area (Å²) in [5.41, 5.74) is 0. The Balaban J connectivity index is 2.00. The average molecular weight is 296 g/mol. The van der Waals surface area contributed by atoms with E-state index in [1.165, 1.54) is 0 Å². The van der Waals surface area contributed by atoms with Gasteiger partial charge in [0.15, 0.2) is 0 Å². The number of carboxylic acids is 1. The molecule has 0 radical (unpaired) electrons. The molecule has 21 heavy (non-hydrogen) atoms. The summed E-state index contributed by atoms with van der Waals surface area (Å²) in [6.45, 7) is 2.66. The van der Waals surface area contributed by atoms with Gasteiger partial charge in [0, 0.05) is 6.54 Å². The molecule has 1 saturated heterocycles. The van der Waals surface area contributed by atoms with E-state index in [0.29, 0.717) is 25.8 Å². The van der Waals surface area contributed by atoms with E-state index in [9.17, 15) is 19.5 Å². The Morgan fingerprint density at radius 3 is 2.67 bits per heavy atom. The van der Waals surface area contributed by atoms with Crippen LogP contribution in [-0.4, -0.2) is 35.5 Å². The lowest BCUT2D eigenvalue weighted by Gasteiger charge is -2.20. The minimum Gasteiger partial charge on any atom is -0.481 e. The van der Waals surface area contributed by atoms with Crippen LogP contribution in [-0.2, 0) is 14.4 Å². The normalized spacial score (nSPS) is 33.1. The van der Waals surface area contributed by atoms with Gasteiger partial charge in [-0.1, -0.05) is 13.3 Å². The fourth-order valence-corrected chi connectivity index (χ4v) is 3.39. The van der Waals surface area contributed by atoms with E-state index in [-0.39, 0.29) is 17.7 Å². The molecule has 1 aliphatic carbocycles. The SMILES string of the molecule is CCC1C[C@H](C(=O)NC2CCCCNC2=O)[C@H](C(=O)O)C1. The highest BCUT2D eigenvalue weighted by molar-refractivity contribution is 5.90. The highest BCUT2D eigenvalue weighted by atomic mass is 16.4. The molecule has 4 atom stereocenters. The number of rotatable bonds is 4. The third kappa shape index (κ3) is 3.74. The van der Waals surface area contributed by atoms with Gasteiger partial charge >= 0.3 is 5.97 Å². The van der Waals surface area contributed by atoms with Gasteiger partial charge in [-0.2, -0.15) is 0 Å². The van der Waals surface area contributed by atoms with Crippen LogP contribution in [0.15, 0.2) is 0 Å².